The van der Waals surface area contributed by atoms with Gasteiger partial charge in [0.1, 0.15) is 49.1 Å². The summed E-state index contributed by atoms with van der Waals surface area (Å²) in [6, 6.07) is 0. The highest BCUT2D eigenvalue weighted by Gasteiger charge is 2.57. The lowest BCUT2D eigenvalue weighted by Gasteiger charge is -2.44. The van der Waals surface area contributed by atoms with E-state index in [1.807, 2.05) is 0 Å². The number of hydrogen-bond donors (Lipinski definition) is 0. The summed E-state index contributed by atoms with van der Waals surface area (Å²) >= 11 is 5.62. The van der Waals surface area contributed by atoms with Crippen molar-refractivity contribution in [2.45, 2.75) is 106 Å². The standard InChI is InChI=1S/C20H24ClF11O2/c21-8-3-12(24)17(13(25)4-8)19(28,29)33-9-5-10(22)16(11(23)6-9)7-1-14(26)18(15(27)2-7)34-20(30,31)32/h7-18H,1-6H2. The Hall–Kier alpha value is -0.560. The monoisotopic (exact) mass is 540 g/mol. The molecule has 0 aliphatic heterocycles. The summed E-state index contributed by atoms with van der Waals surface area (Å²) in [4.78, 5) is 0. The van der Waals surface area contributed by atoms with Gasteiger partial charge in [0.05, 0.1) is 6.10 Å². The number of ether oxygens (including phenoxy) is 2. The molecule has 0 aromatic heterocycles. The second-order valence-corrected chi connectivity index (χ2v) is 9.92. The minimum Gasteiger partial charge on any atom is -0.317 e. The lowest BCUT2D eigenvalue weighted by molar-refractivity contribution is -0.359. The van der Waals surface area contributed by atoms with E-state index in [1.54, 1.807) is 0 Å². The highest BCUT2D eigenvalue weighted by molar-refractivity contribution is 6.20. The van der Waals surface area contributed by atoms with E-state index in [4.69, 9.17) is 11.6 Å². The van der Waals surface area contributed by atoms with Crippen molar-refractivity contribution in [2.75, 3.05) is 0 Å². The topological polar surface area (TPSA) is 18.5 Å². The maximum atomic E-state index is 14.8. The van der Waals surface area contributed by atoms with Crippen molar-refractivity contribution in [1.29, 1.82) is 0 Å². The summed E-state index contributed by atoms with van der Waals surface area (Å²) in [7, 11) is 0. The molecule has 0 aromatic rings. The molecule has 200 valence electrons. The Morgan fingerprint density at radius 3 is 1.50 bits per heavy atom. The van der Waals surface area contributed by atoms with Crippen molar-refractivity contribution >= 4 is 11.6 Å². The third kappa shape index (κ3) is 6.41. The van der Waals surface area contributed by atoms with Crippen LogP contribution in [0.5, 0.6) is 0 Å². The van der Waals surface area contributed by atoms with E-state index in [2.05, 4.69) is 9.47 Å². The lowest BCUT2D eigenvalue weighted by Crippen LogP contribution is -2.53. The van der Waals surface area contributed by atoms with E-state index in [0.29, 0.717) is 0 Å². The minimum atomic E-state index is -5.31. The van der Waals surface area contributed by atoms with E-state index in [-0.39, 0.29) is 0 Å². The van der Waals surface area contributed by atoms with E-state index < -0.39 is 123 Å². The fraction of sp³-hybridized carbons (Fsp3) is 1.00. The lowest BCUT2D eigenvalue weighted by atomic mass is 9.69. The van der Waals surface area contributed by atoms with Gasteiger partial charge >= 0.3 is 12.5 Å². The SMILES string of the molecule is FC1CC(C2C(F)CC(OC(F)(F)C3C(F)CC(Cl)CC3F)CC2F)CC(F)C1OC(F)(F)F. The van der Waals surface area contributed by atoms with Crippen LogP contribution in [0.15, 0.2) is 0 Å². The van der Waals surface area contributed by atoms with Crippen LogP contribution in [-0.4, -0.2) is 67.1 Å². The van der Waals surface area contributed by atoms with Crippen LogP contribution in [0.4, 0.5) is 48.3 Å². The van der Waals surface area contributed by atoms with Crippen LogP contribution in [0.3, 0.4) is 0 Å². The molecule has 0 saturated heterocycles. The van der Waals surface area contributed by atoms with Gasteiger partial charge in [-0.15, -0.1) is 24.8 Å². The largest absolute Gasteiger partial charge is 0.522 e. The average molecular weight is 541 g/mol. The van der Waals surface area contributed by atoms with Gasteiger partial charge in [0.25, 0.3) is 0 Å². The van der Waals surface area contributed by atoms with Crippen molar-refractivity contribution in [3.05, 3.63) is 0 Å². The van der Waals surface area contributed by atoms with E-state index in [9.17, 15) is 48.3 Å². The van der Waals surface area contributed by atoms with Crippen molar-refractivity contribution < 1.29 is 57.8 Å². The molecule has 3 fully saturated rings. The molecule has 2 nitrogen and oxygen atoms in total. The summed E-state index contributed by atoms with van der Waals surface area (Å²) in [5.74, 6) is -5.54. The van der Waals surface area contributed by atoms with Gasteiger partial charge in [0.15, 0.2) is 0 Å². The smallest absolute Gasteiger partial charge is 0.317 e. The summed E-state index contributed by atoms with van der Waals surface area (Å²) in [6.45, 7) is 0. The average Bonchev–Trinajstić information content (AvgIpc) is 2.61. The van der Waals surface area contributed by atoms with E-state index >= 15 is 0 Å². The molecule has 0 spiro atoms. The predicted octanol–water partition coefficient (Wildman–Crippen LogP) is 6.74. The van der Waals surface area contributed by atoms with Crippen LogP contribution in [0.1, 0.15) is 38.5 Å². The zero-order valence-corrected chi connectivity index (χ0v) is 18.3. The highest BCUT2D eigenvalue weighted by Crippen LogP contribution is 2.48. The fourth-order valence-corrected chi connectivity index (χ4v) is 5.78. The number of rotatable bonds is 5. The molecule has 0 radical (unpaired) electrons. The molecule has 6 unspecified atom stereocenters. The first-order chi connectivity index (χ1) is 15.6. The molecule has 0 N–H and O–H groups in total. The molecule has 3 aliphatic rings. The van der Waals surface area contributed by atoms with Crippen LogP contribution < -0.4 is 0 Å². The van der Waals surface area contributed by atoms with Gasteiger partial charge in [0.2, 0.25) is 0 Å². The van der Waals surface area contributed by atoms with Gasteiger partial charge in [-0.1, -0.05) is 0 Å². The van der Waals surface area contributed by atoms with E-state index in [1.165, 1.54) is 0 Å². The molecule has 6 atom stereocenters. The molecule has 3 saturated carbocycles. The zero-order chi connectivity index (χ0) is 25.6. The van der Waals surface area contributed by atoms with Crippen LogP contribution in [0.2, 0.25) is 0 Å². The Kier molecular flexibility index (Phi) is 8.60. The van der Waals surface area contributed by atoms with Gasteiger partial charge < -0.3 is 4.74 Å². The summed E-state index contributed by atoms with van der Waals surface area (Å²) in [5, 5.41) is -0.992. The Morgan fingerprint density at radius 2 is 1.06 bits per heavy atom. The maximum absolute atomic E-state index is 14.8. The van der Waals surface area contributed by atoms with Crippen molar-refractivity contribution in [3.63, 3.8) is 0 Å². The molecule has 0 bridgehead atoms. The van der Waals surface area contributed by atoms with Crippen molar-refractivity contribution in [3.8, 4) is 0 Å². The predicted molar refractivity (Wildman–Crippen MR) is 97.9 cm³/mol. The molecule has 0 amide bonds. The third-order valence-corrected chi connectivity index (χ3v) is 7.20. The number of alkyl halides is 12. The Morgan fingerprint density at radius 1 is 0.588 bits per heavy atom. The molecule has 0 aromatic carbocycles. The van der Waals surface area contributed by atoms with Gasteiger partial charge in [0, 0.05) is 24.1 Å². The first-order valence-electron chi connectivity index (χ1n) is 10.9. The molecule has 0 heterocycles. The van der Waals surface area contributed by atoms with Crippen LogP contribution in [0, 0.1) is 17.8 Å². The normalized spacial score (nSPS) is 46.9. The summed E-state index contributed by atoms with van der Waals surface area (Å²) in [5.41, 5.74) is 0. The second kappa shape index (κ2) is 10.4. The molecule has 14 heteroatoms. The van der Waals surface area contributed by atoms with Gasteiger partial charge in [-0.05, 0) is 31.6 Å². The van der Waals surface area contributed by atoms with Gasteiger partial charge in [-0.25, -0.2) is 26.3 Å². The number of halogens is 12. The molecule has 3 aliphatic carbocycles. The molecule has 34 heavy (non-hydrogen) atoms. The second-order valence-electron chi connectivity index (χ2n) is 9.30. The maximum Gasteiger partial charge on any atom is 0.522 e. The van der Waals surface area contributed by atoms with Crippen LogP contribution in [0.25, 0.3) is 0 Å². The third-order valence-electron chi connectivity index (χ3n) is 6.85. The van der Waals surface area contributed by atoms with Crippen molar-refractivity contribution in [2.24, 2.45) is 17.8 Å². The van der Waals surface area contributed by atoms with Crippen LogP contribution in [-0.2, 0) is 9.47 Å². The summed E-state index contributed by atoms with van der Waals surface area (Å²) < 4.78 is 160. The van der Waals surface area contributed by atoms with Gasteiger partial charge in [-0.2, -0.15) is 8.78 Å². The zero-order valence-electron chi connectivity index (χ0n) is 17.5. The van der Waals surface area contributed by atoms with Crippen LogP contribution >= 0.6 is 11.6 Å². The van der Waals surface area contributed by atoms with Gasteiger partial charge in [-0.3, -0.25) is 4.74 Å². The highest BCUT2D eigenvalue weighted by atomic mass is 35.5. The minimum absolute atomic E-state index is 0.550. The van der Waals surface area contributed by atoms with Crippen molar-refractivity contribution in [1.82, 2.24) is 0 Å². The molecule has 3 rings (SSSR count). The Labute approximate surface area is 193 Å². The quantitative estimate of drug-likeness (QED) is 0.284. The number of hydrogen-bond acceptors (Lipinski definition) is 2. The molecular formula is C20H24ClF11O2. The Bertz CT molecular complexity index is 647. The first kappa shape index (κ1) is 28.0. The molecular weight excluding hydrogens is 517 g/mol. The fourth-order valence-electron chi connectivity index (χ4n) is 5.44. The Balaban J connectivity index is 1.62. The van der Waals surface area contributed by atoms with E-state index in [0.717, 1.165) is 0 Å². The first-order valence-corrected chi connectivity index (χ1v) is 11.3. The summed E-state index contributed by atoms with van der Waals surface area (Å²) in [6.07, 6.45) is -32.5.